The van der Waals surface area contributed by atoms with Gasteiger partial charge in [-0.05, 0) is 6.07 Å². The number of methoxy groups -OCH3 is 2. The molecule has 1 aliphatic rings. The summed E-state index contributed by atoms with van der Waals surface area (Å²) in [6, 6.07) is 3.76. The summed E-state index contributed by atoms with van der Waals surface area (Å²) in [5.41, 5.74) is 0.973. The van der Waals surface area contributed by atoms with E-state index in [-0.39, 0.29) is 24.0 Å². The van der Waals surface area contributed by atoms with E-state index in [0.717, 1.165) is 24.6 Å². The minimum absolute atomic E-state index is 0. The van der Waals surface area contributed by atoms with E-state index in [1.54, 1.807) is 14.2 Å². The van der Waals surface area contributed by atoms with Crippen LogP contribution in [-0.2, 0) is 6.54 Å². The summed E-state index contributed by atoms with van der Waals surface area (Å²) < 4.78 is 10.3. The number of hydrogen-bond donors (Lipinski definition) is 1. The van der Waals surface area contributed by atoms with Gasteiger partial charge in [0.25, 0.3) is 0 Å². The van der Waals surface area contributed by atoms with Crippen LogP contribution in [0.1, 0.15) is 5.56 Å². The second-order valence-electron chi connectivity index (χ2n) is 4.00. The Morgan fingerprint density at radius 3 is 2.68 bits per heavy atom. The lowest BCUT2D eigenvalue weighted by atomic mass is 10.2. The van der Waals surface area contributed by atoms with Crippen molar-refractivity contribution >= 4 is 29.9 Å². The molecule has 0 unspecified atom stereocenters. The van der Waals surface area contributed by atoms with Gasteiger partial charge in [0, 0.05) is 31.8 Å². The first kappa shape index (κ1) is 15.8. The Kier molecular flexibility index (Phi) is 6.13. The Morgan fingerprint density at radius 1 is 1.32 bits per heavy atom. The molecule has 0 aliphatic carbocycles. The number of hydrogen-bond acceptors (Lipinski definition) is 6. The number of nitrogens with one attached hydrogen (secondary N) is 1. The van der Waals surface area contributed by atoms with E-state index in [9.17, 15) is 0 Å². The third kappa shape index (κ3) is 3.85. The third-order valence-electron chi connectivity index (χ3n) is 2.81. The fourth-order valence-corrected chi connectivity index (χ4v) is 1.77. The van der Waals surface area contributed by atoms with E-state index >= 15 is 0 Å². The molecule has 0 amide bonds. The standard InChI is InChI=1S/C12H18N4O2.HI/c1-16-7-6-13-12(16)14-8-9-4-5-10(17-2)15-11(9)18-3;/h4-5H,6-8H2,1-3H3,(H,13,14);1H. The Labute approximate surface area is 130 Å². The molecule has 1 aliphatic heterocycles. The van der Waals surface area contributed by atoms with E-state index in [0.29, 0.717) is 18.3 Å². The highest BCUT2D eigenvalue weighted by molar-refractivity contribution is 14.0. The predicted octanol–water partition coefficient (Wildman–Crippen LogP) is 1.11. The molecule has 1 aromatic heterocycles. The molecule has 1 aromatic rings. The molecule has 0 saturated heterocycles. The molecule has 19 heavy (non-hydrogen) atoms. The number of ether oxygens (including phenoxy) is 2. The maximum absolute atomic E-state index is 5.25. The molecule has 1 N–H and O–H groups in total. The summed E-state index contributed by atoms with van der Waals surface area (Å²) in [5.74, 6) is 2.03. The first-order valence-electron chi connectivity index (χ1n) is 5.82. The van der Waals surface area contributed by atoms with Gasteiger partial charge in [-0.1, -0.05) is 0 Å². The lowest BCUT2D eigenvalue weighted by Crippen LogP contribution is -2.35. The van der Waals surface area contributed by atoms with Gasteiger partial charge in [0.1, 0.15) is 0 Å². The molecule has 2 rings (SSSR count). The van der Waals surface area contributed by atoms with Crippen LogP contribution in [0.3, 0.4) is 0 Å². The zero-order chi connectivity index (χ0) is 13.0. The van der Waals surface area contributed by atoms with Crippen LogP contribution in [0.5, 0.6) is 11.8 Å². The van der Waals surface area contributed by atoms with E-state index in [4.69, 9.17) is 9.47 Å². The minimum atomic E-state index is 0. The van der Waals surface area contributed by atoms with Gasteiger partial charge in [0.2, 0.25) is 11.8 Å². The highest BCUT2D eigenvalue weighted by Gasteiger charge is 2.13. The molecule has 0 radical (unpaired) electrons. The Hall–Kier alpha value is -1.25. The molecule has 0 fully saturated rings. The van der Waals surface area contributed by atoms with Gasteiger partial charge >= 0.3 is 0 Å². The molecule has 7 heteroatoms. The zero-order valence-electron chi connectivity index (χ0n) is 11.3. The number of aliphatic imine (C=N–C) groups is 1. The number of halogens is 1. The van der Waals surface area contributed by atoms with Crippen LogP contribution in [0.4, 0.5) is 0 Å². The topological polar surface area (TPSA) is 59.0 Å². The number of likely N-dealkylation sites (N-methyl/N-ethyl adjacent to an activating group) is 1. The van der Waals surface area contributed by atoms with Crippen LogP contribution in [0.25, 0.3) is 0 Å². The SMILES string of the molecule is COc1ccc(CNC2=NCCN2C)c(OC)n1.I. The molecule has 6 nitrogen and oxygen atoms in total. The lowest BCUT2D eigenvalue weighted by molar-refractivity contribution is 0.360. The maximum atomic E-state index is 5.25. The molecule has 0 atom stereocenters. The fraction of sp³-hybridized carbons (Fsp3) is 0.500. The fourth-order valence-electron chi connectivity index (χ4n) is 1.77. The first-order valence-corrected chi connectivity index (χ1v) is 5.82. The monoisotopic (exact) mass is 378 g/mol. The predicted molar refractivity (Wildman–Crippen MR) is 84.5 cm³/mol. The highest BCUT2D eigenvalue weighted by Crippen LogP contribution is 2.19. The van der Waals surface area contributed by atoms with Gasteiger partial charge in [0.15, 0.2) is 5.96 Å². The summed E-state index contributed by atoms with van der Waals surface area (Å²) in [7, 11) is 5.20. The first-order chi connectivity index (χ1) is 8.74. The van der Waals surface area contributed by atoms with Gasteiger partial charge < -0.3 is 19.7 Å². The number of pyridine rings is 1. The van der Waals surface area contributed by atoms with Crippen LogP contribution >= 0.6 is 24.0 Å². The molecule has 0 aromatic carbocycles. The number of rotatable bonds is 4. The summed E-state index contributed by atoms with van der Waals surface area (Å²) in [6.45, 7) is 2.43. The van der Waals surface area contributed by atoms with Crippen LogP contribution in [0.2, 0.25) is 0 Å². The number of nitrogens with zero attached hydrogens (tertiary/aromatic N) is 3. The van der Waals surface area contributed by atoms with Crippen molar-refractivity contribution < 1.29 is 9.47 Å². The van der Waals surface area contributed by atoms with Crippen LogP contribution < -0.4 is 14.8 Å². The summed E-state index contributed by atoms with van der Waals surface area (Å²) in [5, 5.41) is 3.27. The molecule has 2 heterocycles. The van der Waals surface area contributed by atoms with Gasteiger partial charge in [0.05, 0.1) is 20.8 Å². The van der Waals surface area contributed by atoms with Crippen LogP contribution in [0.15, 0.2) is 17.1 Å². The van der Waals surface area contributed by atoms with Crippen molar-refractivity contribution in [3.8, 4) is 11.8 Å². The van der Waals surface area contributed by atoms with Gasteiger partial charge in [-0.25, -0.2) is 0 Å². The smallest absolute Gasteiger partial charge is 0.221 e. The van der Waals surface area contributed by atoms with Crippen molar-refractivity contribution in [3.63, 3.8) is 0 Å². The van der Waals surface area contributed by atoms with Gasteiger partial charge in [-0.3, -0.25) is 4.99 Å². The van der Waals surface area contributed by atoms with Crippen LogP contribution in [-0.4, -0.2) is 50.2 Å². The number of aromatic nitrogens is 1. The average molecular weight is 378 g/mol. The second kappa shape index (κ2) is 7.37. The summed E-state index contributed by atoms with van der Waals surface area (Å²) in [6.07, 6.45) is 0. The second-order valence-corrected chi connectivity index (χ2v) is 4.00. The van der Waals surface area contributed by atoms with E-state index in [2.05, 4.69) is 20.2 Å². The van der Waals surface area contributed by atoms with Crippen molar-refractivity contribution in [2.45, 2.75) is 6.54 Å². The third-order valence-corrected chi connectivity index (χ3v) is 2.81. The molecular weight excluding hydrogens is 359 g/mol. The van der Waals surface area contributed by atoms with Crippen molar-refractivity contribution in [2.75, 3.05) is 34.4 Å². The van der Waals surface area contributed by atoms with E-state index < -0.39 is 0 Å². The largest absolute Gasteiger partial charge is 0.481 e. The molecular formula is C12H19IN4O2. The van der Waals surface area contributed by atoms with Crippen LogP contribution in [0, 0.1) is 0 Å². The zero-order valence-corrected chi connectivity index (χ0v) is 13.7. The van der Waals surface area contributed by atoms with Crippen molar-refractivity contribution in [3.05, 3.63) is 17.7 Å². The van der Waals surface area contributed by atoms with E-state index in [1.165, 1.54) is 0 Å². The van der Waals surface area contributed by atoms with Gasteiger partial charge in [-0.15, -0.1) is 24.0 Å². The van der Waals surface area contributed by atoms with Crippen molar-refractivity contribution in [2.24, 2.45) is 4.99 Å². The Balaban J connectivity index is 0.00000180. The normalized spacial score (nSPS) is 13.6. The van der Waals surface area contributed by atoms with E-state index in [1.807, 2.05) is 19.2 Å². The number of guanidine groups is 1. The average Bonchev–Trinajstić information content (AvgIpc) is 2.81. The molecule has 0 bridgehead atoms. The van der Waals surface area contributed by atoms with Crippen molar-refractivity contribution in [1.29, 1.82) is 0 Å². The molecule has 0 saturated carbocycles. The van der Waals surface area contributed by atoms with Crippen molar-refractivity contribution in [1.82, 2.24) is 15.2 Å². The van der Waals surface area contributed by atoms with Gasteiger partial charge in [-0.2, -0.15) is 4.98 Å². The maximum Gasteiger partial charge on any atom is 0.221 e. The Bertz CT molecular complexity index is 453. The summed E-state index contributed by atoms with van der Waals surface area (Å²) >= 11 is 0. The minimum Gasteiger partial charge on any atom is -0.481 e. The quantitative estimate of drug-likeness (QED) is 0.796. The highest BCUT2D eigenvalue weighted by atomic mass is 127. The Morgan fingerprint density at radius 2 is 2.11 bits per heavy atom. The lowest BCUT2D eigenvalue weighted by Gasteiger charge is -2.16. The molecule has 0 spiro atoms. The molecule has 106 valence electrons. The summed E-state index contributed by atoms with van der Waals surface area (Å²) in [4.78, 5) is 10.7.